The van der Waals surface area contributed by atoms with Gasteiger partial charge in [-0.25, -0.2) is 8.78 Å². The highest BCUT2D eigenvalue weighted by atomic mass is 19.1. The molecule has 29 heavy (non-hydrogen) atoms. The van der Waals surface area contributed by atoms with Crippen molar-refractivity contribution in [1.82, 2.24) is 9.80 Å². The van der Waals surface area contributed by atoms with Crippen molar-refractivity contribution in [2.75, 3.05) is 38.1 Å². The highest BCUT2D eigenvalue weighted by molar-refractivity contribution is 5.96. The minimum Gasteiger partial charge on any atom is -0.340 e. The molecule has 4 rings (SSSR count). The minimum absolute atomic E-state index is 0.0601. The maximum absolute atomic E-state index is 13.7. The summed E-state index contributed by atoms with van der Waals surface area (Å²) in [6.45, 7) is 1.67. The fourth-order valence-electron chi connectivity index (χ4n) is 4.28. The summed E-state index contributed by atoms with van der Waals surface area (Å²) in [4.78, 5) is 30.8. The molecule has 0 aliphatic carbocycles. The maximum atomic E-state index is 13.7. The van der Waals surface area contributed by atoms with E-state index in [1.165, 1.54) is 24.3 Å². The van der Waals surface area contributed by atoms with Crippen molar-refractivity contribution in [2.24, 2.45) is 0 Å². The lowest BCUT2D eigenvalue weighted by atomic mass is 9.92. The summed E-state index contributed by atoms with van der Waals surface area (Å²) < 4.78 is 27.1. The number of amides is 2. The Morgan fingerprint density at radius 1 is 1.07 bits per heavy atom. The Morgan fingerprint density at radius 3 is 2.52 bits per heavy atom. The Balaban J connectivity index is 1.50. The molecular weight excluding hydrogens is 376 g/mol. The van der Waals surface area contributed by atoms with Crippen LogP contribution in [-0.2, 0) is 16.0 Å². The van der Waals surface area contributed by atoms with Crippen molar-refractivity contribution in [1.29, 1.82) is 0 Å². The summed E-state index contributed by atoms with van der Waals surface area (Å²) in [5, 5.41) is 0. The second kappa shape index (κ2) is 7.55. The van der Waals surface area contributed by atoms with Crippen molar-refractivity contribution in [3.05, 3.63) is 65.7 Å². The van der Waals surface area contributed by atoms with Crippen molar-refractivity contribution in [3.8, 4) is 0 Å². The van der Waals surface area contributed by atoms with E-state index in [4.69, 9.17) is 0 Å². The van der Waals surface area contributed by atoms with Gasteiger partial charge in [-0.15, -0.1) is 0 Å². The molecule has 2 aromatic carbocycles. The first kappa shape index (κ1) is 19.5. The fourth-order valence-corrected chi connectivity index (χ4v) is 4.28. The zero-order valence-corrected chi connectivity index (χ0v) is 16.3. The molecule has 1 atom stereocenters. The number of likely N-dealkylation sites (tertiary alicyclic amines) is 1. The van der Waals surface area contributed by atoms with Gasteiger partial charge < -0.3 is 9.80 Å². The van der Waals surface area contributed by atoms with E-state index in [0.717, 1.165) is 6.42 Å². The molecule has 0 saturated carbocycles. The van der Waals surface area contributed by atoms with E-state index >= 15 is 0 Å². The smallest absolute Gasteiger partial charge is 0.241 e. The number of carbonyl (C=O) groups is 2. The number of carbonyl (C=O) groups excluding carboxylic acids is 2. The first-order valence-corrected chi connectivity index (χ1v) is 9.66. The third-order valence-corrected chi connectivity index (χ3v) is 5.98. The van der Waals surface area contributed by atoms with Crippen LogP contribution in [0.15, 0.2) is 48.5 Å². The van der Waals surface area contributed by atoms with E-state index in [9.17, 15) is 18.4 Å². The molecule has 5 nitrogen and oxygen atoms in total. The van der Waals surface area contributed by atoms with Crippen LogP contribution in [0.5, 0.6) is 0 Å². The molecule has 0 unspecified atom stereocenters. The molecule has 2 aliphatic rings. The summed E-state index contributed by atoms with van der Waals surface area (Å²) in [6, 6.07) is 12.1. The van der Waals surface area contributed by atoms with E-state index in [1.807, 2.05) is 11.9 Å². The van der Waals surface area contributed by atoms with Gasteiger partial charge in [0, 0.05) is 25.3 Å². The zero-order chi connectivity index (χ0) is 20.6. The number of benzene rings is 2. The topological polar surface area (TPSA) is 43.9 Å². The molecule has 0 radical (unpaired) electrons. The summed E-state index contributed by atoms with van der Waals surface area (Å²) in [6.07, 6.45) is 0.863. The van der Waals surface area contributed by atoms with Gasteiger partial charge in [0.2, 0.25) is 11.8 Å². The Labute approximate surface area is 168 Å². The van der Waals surface area contributed by atoms with Crippen LogP contribution in [0.2, 0.25) is 0 Å². The molecule has 2 heterocycles. The van der Waals surface area contributed by atoms with Crippen LogP contribution in [0.1, 0.15) is 12.0 Å². The number of anilines is 1. The number of hydrogen-bond donors (Lipinski definition) is 0. The van der Waals surface area contributed by atoms with Gasteiger partial charge in [0.15, 0.2) is 0 Å². The minimum atomic E-state index is -0.387. The summed E-state index contributed by atoms with van der Waals surface area (Å²) in [7, 11) is 1.89. The van der Waals surface area contributed by atoms with Crippen LogP contribution >= 0.6 is 0 Å². The van der Waals surface area contributed by atoms with Crippen molar-refractivity contribution in [2.45, 2.75) is 18.4 Å². The van der Waals surface area contributed by atoms with E-state index in [2.05, 4.69) is 0 Å². The fraction of sp³-hybridized carbons (Fsp3) is 0.364. The third-order valence-electron chi connectivity index (χ3n) is 5.98. The van der Waals surface area contributed by atoms with Crippen LogP contribution in [0.25, 0.3) is 0 Å². The first-order chi connectivity index (χ1) is 13.9. The molecule has 1 spiro atoms. The van der Waals surface area contributed by atoms with E-state index in [-0.39, 0.29) is 42.0 Å². The average Bonchev–Trinajstić information content (AvgIpc) is 3.10. The molecule has 2 aromatic rings. The zero-order valence-electron chi connectivity index (χ0n) is 16.3. The number of likely N-dealkylation sites (N-methyl/N-ethyl adjacent to an activating group) is 1. The lowest BCUT2D eigenvalue weighted by Gasteiger charge is -2.46. The Hall–Kier alpha value is -2.80. The molecule has 152 valence electrons. The second-order valence-electron chi connectivity index (χ2n) is 7.91. The van der Waals surface area contributed by atoms with E-state index < -0.39 is 0 Å². The van der Waals surface area contributed by atoms with Crippen molar-refractivity contribution >= 4 is 17.5 Å². The molecule has 0 aromatic heterocycles. The monoisotopic (exact) mass is 399 g/mol. The standard InChI is InChI=1S/C22H23F2N3O2/c1-25-13-21(29)27(19-7-3-6-18(24)12-19)15-22(25)8-9-26(14-22)20(28)11-16-4-2-5-17(23)10-16/h2-7,10,12H,8-9,11,13-15H2,1H3/t22-/m0/s1. The number of piperazine rings is 1. The molecular formula is C22H23F2N3O2. The van der Waals surface area contributed by atoms with Gasteiger partial charge >= 0.3 is 0 Å². The third kappa shape index (κ3) is 3.87. The van der Waals surface area contributed by atoms with Crippen molar-refractivity contribution in [3.63, 3.8) is 0 Å². The maximum Gasteiger partial charge on any atom is 0.241 e. The summed E-state index contributed by atoms with van der Waals surface area (Å²) in [5.41, 5.74) is 0.800. The van der Waals surface area contributed by atoms with E-state index in [1.54, 1.807) is 34.1 Å². The number of halogens is 2. The Bertz CT molecular complexity index is 951. The molecule has 7 heteroatoms. The van der Waals surface area contributed by atoms with Gasteiger partial charge in [0.05, 0.1) is 18.5 Å². The lowest BCUT2D eigenvalue weighted by molar-refractivity contribution is -0.130. The first-order valence-electron chi connectivity index (χ1n) is 9.66. The SMILES string of the molecule is CN1CC(=O)N(c2cccc(F)c2)C[C@@]12CCN(C(=O)Cc1cccc(F)c1)C2. The number of nitrogens with zero attached hydrogens (tertiary/aromatic N) is 3. The highest BCUT2D eigenvalue weighted by Crippen LogP contribution is 2.33. The molecule has 2 saturated heterocycles. The average molecular weight is 399 g/mol. The van der Waals surface area contributed by atoms with Gasteiger partial charge in [-0.1, -0.05) is 18.2 Å². The van der Waals surface area contributed by atoms with Crippen LogP contribution in [0.3, 0.4) is 0 Å². The quantitative estimate of drug-likeness (QED) is 0.797. The predicted octanol–water partition coefficient (Wildman–Crippen LogP) is 2.46. The van der Waals surface area contributed by atoms with Crippen LogP contribution in [0.4, 0.5) is 14.5 Å². The highest BCUT2D eigenvalue weighted by Gasteiger charge is 2.48. The van der Waals surface area contributed by atoms with Gasteiger partial charge in [-0.05, 0) is 49.4 Å². The van der Waals surface area contributed by atoms with Crippen LogP contribution in [-0.4, -0.2) is 60.4 Å². The van der Waals surface area contributed by atoms with Gasteiger partial charge in [-0.3, -0.25) is 14.5 Å². The molecule has 0 bridgehead atoms. The predicted molar refractivity (Wildman–Crippen MR) is 105 cm³/mol. The summed E-state index contributed by atoms with van der Waals surface area (Å²) >= 11 is 0. The second-order valence-corrected chi connectivity index (χ2v) is 7.91. The Morgan fingerprint density at radius 2 is 1.79 bits per heavy atom. The van der Waals surface area contributed by atoms with Gasteiger partial charge in [0.1, 0.15) is 11.6 Å². The molecule has 0 N–H and O–H groups in total. The molecule has 2 amide bonds. The normalized spacial score (nSPS) is 22.5. The van der Waals surface area contributed by atoms with Crippen molar-refractivity contribution < 1.29 is 18.4 Å². The number of rotatable bonds is 3. The molecule has 2 aliphatic heterocycles. The lowest BCUT2D eigenvalue weighted by Crippen LogP contribution is -2.64. The van der Waals surface area contributed by atoms with Gasteiger partial charge in [-0.2, -0.15) is 0 Å². The van der Waals surface area contributed by atoms with Gasteiger partial charge in [0.25, 0.3) is 0 Å². The Kier molecular flexibility index (Phi) is 5.08. The molecule has 2 fully saturated rings. The summed E-state index contributed by atoms with van der Waals surface area (Å²) in [5.74, 6) is -0.894. The van der Waals surface area contributed by atoms with Crippen LogP contribution in [0, 0.1) is 11.6 Å². The van der Waals surface area contributed by atoms with E-state index in [0.29, 0.717) is 30.9 Å². The van der Waals surface area contributed by atoms with Crippen LogP contribution < -0.4 is 4.90 Å². The number of hydrogen-bond acceptors (Lipinski definition) is 3. The largest absolute Gasteiger partial charge is 0.340 e.